The quantitative estimate of drug-likeness (QED) is 0.850. The lowest BCUT2D eigenvalue weighted by molar-refractivity contribution is -0.138. The molecule has 0 aliphatic heterocycles. The van der Waals surface area contributed by atoms with E-state index in [1.54, 1.807) is 30.9 Å². The van der Waals surface area contributed by atoms with E-state index >= 15 is 0 Å². The Hall–Kier alpha value is -0.680. The summed E-state index contributed by atoms with van der Waals surface area (Å²) >= 11 is 1.80. The van der Waals surface area contributed by atoms with Gasteiger partial charge in [0.15, 0.2) is 0 Å². The maximum atomic E-state index is 13.1. The minimum atomic E-state index is -4.29. The van der Waals surface area contributed by atoms with Gasteiger partial charge in [0.1, 0.15) is 0 Å². The molecule has 1 saturated carbocycles. The third-order valence-corrected chi connectivity index (χ3v) is 5.26. The topological polar surface area (TPSA) is 12.0 Å². The number of hydrogen-bond acceptors (Lipinski definition) is 2. The lowest BCUT2D eigenvalue weighted by Gasteiger charge is -2.22. The maximum Gasteiger partial charge on any atom is 0.416 e. The number of halogens is 3. The first kappa shape index (κ1) is 15.7. The molecule has 20 heavy (non-hydrogen) atoms. The lowest BCUT2D eigenvalue weighted by atomic mass is 10.0. The number of thioether (sulfide) groups is 1. The highest BCUT2D eigenvalue weighted by molar-refractivity contribution is 7.99. The van der Waals surface area contributed by atoms with Crippen LogP contribution in [0.2, 0.25) is 0 Å². The Labute approximate surface area is 122 Å². The van der Waals surface area contributed by atoms with Crippen LogP contribution in [-0.2, 0) is 6.18 Å². The van der Waals surface area contributed by atoms with E-state index < -0.39 is 11.7 Å². The fourth-order valence-electron chi connectivity index (χ4n) is 2.67. The van der Waals surface area contributed by atoms with Gasteiger partial charge in [0, 0.05) is 17.0 Å². The molecule has 1 N–H and O–H groups in total. The van der Waals surface area contributed by atoms with Gasteiger partial charge in [0.05, 0.1) is 5.56 Å². The maximum absolute atomic E-state index is 13.1. The van der Waals surface area contributed by atoms with Crippen molar-refractivity contribution in [3.8, 4) is 0 Å². The molecule has 0 radical (unpaired) electrons. The van der Waals surface area contributed by atoms with Crippen molar-refractivity contribution in [2.24, 2.45) is 0 Å². The zero-order valence-corrected chi connectivity index (χ0v) is 12.4. The number of hydrogen-bond donors (Lipinski definition) is 1. The molecule has 1 atom stereocenters. The van der Waals surface area contributed by atoms with Crippen LogP contribution in [0.25, 0.3) is 0 Å². The van der Waals surface area contributed by atoms with Crippen LogP contribution in [0, 0.1) is 0 Å². The fraction of sp³-hybridized carbons (Fsp3) is 0.600. The van der Waals surface area contributed by atoms with Gasteiger partial charge < -0.3 is 5.32 Å². The van der Waals surface area contributed by atoms with E-state index in [9.17, 15) is 13.2 Å². The molecule has 1 aliphatic carbocycles. The minimum absolute atomic E-state index is 0.251. The van der Waals surface area contributed by atoms with Gasteiger partial charge in [0.2, 0.25) is 0 Å². The van der Waals surface area contributed by atoms with Crippen LogP contribution in [-0.4, -0.2) is 18.1 Å². The number of nitrogens with one attached hydrogen (secondary N) is 1. The van der Waals surface area contributed by atoms with Gasteiger partial charge >= 0.3 is 6.18 Å². The van der Waals surface area contributed by atoms with Crippen molar-refractivity contribution in [3.05, 3.63) is 35.4 Å². The zero-order valence-electron chi connectivity index (χ0n) is 11.5. The van der Waals surface area contributed by atoms with E-state index in [2.05, 4.69) is 5.32 Å². The van der Waals surface area contributed by atoms with E-state index in [4.69, 9.17) is 0 Å². The third-order valence-electron chi connectivity index (χ3n) is 3.79. The largest absolute Gasteiger partial charge is 0.416 e. The van der Waals surface area contributed by atoms with Gasteiger partial charge in [0.25, 0.3) is 0 Å². The molecule has 112 valence electrons. The number of rotatable bonds is 5. The molecule has 1 aromatic carbocycles. The van der Waals surface area contributed by atoms with Gasteiger partial charge in [-0.15, -0.1) is 0 Å². The van der Waals surface area contributed by atoms with Gasteiger partial charge in [-0.1, -0.05) is 31.0 Å². The normalized spacial score (nSPS) is 18.4. The summed E-state index contributed by atoms with van der Waals surface area (Å²) in [6, 6.07) is 5.62. The molecule has 0 amide bonds. The average molecular weight is 303 g/mol. The van der Waals surface area contributed by atoms with Crippen LogP contribution in [0.1, 0.15) is 42.9 Å². The monoisotopic (exact) mass is 303 g/mol. The Balaban J connectivity index is 2.10. The second-order valence-corrected chi connectivity index (χ2v) is 6.50. The first-order valence-corrected chi connectivity index (χ1v) is 8.02. The van der Waals surface area contributed by atoms with E-state index in [-0.39, 0.29) is 6.04 Å². The molecule has 1 aromatic rings. The van der Waals surface area contributed by atoms with Crippen LogP contribution in [0.4, 0.5) is 13.2 Å². The molecule has 0 bridgehead atoms. The van der Waals surface area contributed by atoms with Gasteiger partial charge in [-0.3, -0.25) is 0 Å². The minimum Gasteiger partial charge on any atom is -0.312 e. The molecule has 2 rings (SSSR count). The molecule has 0 aromatic heterocycles. The molecule has 0 spiro atoms. The summed E-state index contributed by atoms with van der Waals surface area (Å²) in [5.41, 5.74) is -0.167. The van der Waals surface area contributed by atoms with Crippen LogP contribution < -0.4 is 5.32 Å². The second kappa shape index (κ2) is 6.85. The highest BCUT2D eigenvalue weighted by Crippen LogP contribution is 2.37. The molecular weight excluding hydrogens is 283 g/mol. The van der Waals surface area contributed by atoms with Gasteiger partial charge in [-0.2, -0.15) is 24.9 Å². The van der Waals surface area contributed by atoms with Crippen LogP contribution >= 0.6 is 11.8 Å². The van der Waals surface area contributed by atoms with Crippen molar-refractivity contribution in [1.82, 2.24) is 5.32 Å². The zero-order chi connectivity index (χ0) is 14.6. The van der Waals surface area contributed by atoms with E-state index in [1.807, 2.05) is 0 Å². The smallest absolute Gasteiger partial charge is 0.312 e. The van der Waals surface area contributed by atoms with Crippen LogP contribution in [0.15, 0.2) is 24.3 Å². The van der Waals surface area contributed by atoms with Crippen molar-refractivity contribution in [1.29, 1.82) is 0 Å². The Kier molecular flexibility index (Phi) is 5.38. The van der Waals surface area contributed by atoms with E-state index in [0.717, 1.165) is 0 Å². The summed E-state index contributed by atoms with van der Waals surface area (Å²) in [4.78, 5) is 0. The summed E-state index contributed by atoms with van der Waals surface area (Å²) in [6.07, 6.45) is 0.607. The summed E-state index contributed by atoms with van der Waals surface area (Å²) < 4.78 is 39.2. The first-order chi connectivity index (χ1) is 9.52. The van der Waals surface area contributed by atoms with Crippen LogP contribution in [0.3, 0.4) is 0 Å². The SMILES string of the molecule is CNC(CSC1CCCC1)c1ccccc1C(F)(F)F. The number of alkyl halides is 3. The van der Waals surface area contributed by atoms with Crippen molar-refractivity contribution < 1.29 is 13.2 Å². The lowest BCUT2D eigenvalue weighted by Crippen LogP contribution is -2.23. The molecule has 0 saturated heterocycles. The predicted octanol–water partition coefficient (Wildman–Crippen LogP) is 4.64. The molecule has 1 unspecified atom stereocenters. The second-order valence-electron chi connectivity index (χ2n) is 5.17. The third kappa shape index (κ3) is 3.92. The average Bonchev–Trinajstić information content (AvgIpc) is 2.92. The van der Waals surface area contributed by atoms with Crippen molar-refractivity contribution in [3.63, 3.8) is 0 Å². The first-order valence-electron chi connectivity index (χ1n) is 6.97. The summed E-state index contributed by atoms with van der Waals surface area (Å²) in [7, 11) is 1.73. The Bertz CT molecular complexity index is 427. The molecule has 1 aliphatic rings. The summed E-state index contributed by atoms with van der Waals surface area (Å²) in [5, 5.41) is 3.65. The molecular formula is C15H20F3NS. The Morgan fingerprint density at radius 1 is 1.25 bits per heavy atom. The Morgan fingerprint density at radius 3 is 2.50 bits per heavy atom. The summed E-state index contributed by atoms with van der Waals surface area (Å²) in [5.74, 6) is 0.689. The molecule has 1 fully saturated rings. The highest BCUT2D eigenvalue weighted by atomic mass is 32.2. The molecule has 1 nitrogen and oxygen atoms in total. The number of benzene rings is 1. The molecule has 0 heterocycles. The Morgan fingerprint density at radius 2 is 1.90 bits per heavy atom. The van der Waals surface area contributed by atoms with E-state index in [1.165, 1.54) is 37.8 Å². The fourth-order valence-corrected chi connectivity index (χ4v) is 4.15. The van der Waals surface area contributed by atoms with Gasteiger partial charge in [-0.25, -0.2) is 0 Å². The predicted molar refractivity (Wildman–Crippen MR) is 78.0 cm³/mol. The molecule has 5 heteroatoms. The van der Waals surface area contributed by atoms with E-state index in [0.29, 0.717) is 16.6 Å². The van der Waals surface area contributed by atoms with Crippen molar-refractivity contribution >= 4 is 11.8 Å². The van der Waals surface area contributed by atoms with Crippen LogP contribution in [0.5, 0.6) is 0 Å². The highest BCUT2D eigenvalue weighted by Gasteiger charge is 2.34. The van der Waals surface area contributed by atoms with Crippen molar-refractivity contribution in [2.45, 2.75) is 43.2 Å². The summed E-state index contributed by atoms with van der Waals surface area (Å²) in [6.45, 7) is 0. The standard InChI is InChI=1S/C15H20F3NS/c1-19-14(10-20-11-6-2-3-7-11)12-8-4-5-9-13(12)15(16,17)18/h4-5,8-9,11,14,19H,2-3,6-7,10H2,1H3. The van der Waals surface area contributed by atoms with Crippen molar-refractivity contribution in [2.75, 3.05) is 12.8 Å². The van der Waals surface area contributed by atoms with Gasteiger partial charge in [-0.05, 0) is 31.5 Å².